The maximum atomic E-state index is 12.4. The quantitative estimate of drug-likeness (QED) is 0.347. The van der Waals surface area contributed by atoms with Crippen LogP contribution in [0.15, 0.2) is 60.7 Å². The highest BCUT2D eigenvalue weighted by Crippen LogP contribution is 2.38. The number of hydrogen-bond acceptors (Lipinski definition) is 3. The molecule has 0 aliphatic heterocycles. The van der Waals surface area contributed by atoms with Gasteiger partial charge in [0.2, 0.25) is 0 Å². The Labute approximate surface area is 172 Å². The van der Waals surface area contributed by atoms with Gasteiger partial charge in [0.1, 0.15) is 5.75 Å². The zero-order valence-electron chi connectivity index (χ0n) is 16.8. The first-order valence-corrected chi connectivity index (χ1v) is 10.4. The van der Waals surface area contributed by atoms with Crippen LogP contribution in [-0.4, -0.2) is 24.4 Å². The van der Waals surface area contributed by atoms with E-state index in [0.29, 0.717) is 24.0 Å². The van der Waals surface area contributed by atoms with Gasteiger partial charge < -0.3 is 9.84 Å². The Hall–Kier alpha value is -2.46. The second kappa shape index (κ2) is 10.4. The molecule has 2 aromatic carbocycles. The number of hydrogen-bond donors (Lipinski definition) is 1. The van der Waals surface area contributed by atoms with Gasteiger partial charge in [0, 0.05) is 0 Å². The van der Waals surface area contributed by atoms with E-state index in [4.69, 9.17) is 9.84 Å². The minimum atomic E-state index is -0.621. The van der Waals surface area contributed by atoms with Crippen molar-refractivity contribution >= 4 is 5.97 Å². The van der Waals surface area contributed by atoms with Crippen LogP contribution in [0.1, 0.15) is 50.0 Å². The topological polar surface area (TPSA) is 46.5 Å². The third-order valence-electron chi connectivity index (χ3n) is 5.85. The number of benzene rings is 2. The Bertz CT molecular complexity index is 803. The molecule has 1 fully saturated rings. The minimum absolute atomic E-state index is 0.0288. The van der Waals surface area contributed by atoms with E-state index in [1.807, 2.05) is 12.1 Å². The molecule has 1 N–H and O–H groups in total. The number of carbonyl (C=O) groups is 1. The van der Waals surface area contributed by atoms with Gasteiger partial charge in [-0.3, -0.25) is 4.39 Å². The first-order chi connectivity index (χ1) is 14.1. The summed E-state index contributed by atoms with van der Waals surface area (Å²) >= 11 is 0. The maximum Gasteiger partial charge on any atom is 0.341 e. The molecule has 0 aromatic heterocycles. The molecule has 4 heteroatoms. The lowest BCUT2D eigenvalue weighted by molar-refractivity contribution is -0.130. The van der Waals surface area contributed by atoms with E-state index in [1.54, 1.807) is 12.1 Å². The van der Waals surface area contributed by atoms with Crippen molar-refractivity contribution in [3.05, 3.63) is 66.2 Å². The molecule has 0 amide bonds. The molecule has 3 nitrogen and oxygen atoms in total. The van der Waals surface area contributed by atoms with E-state index in [1.165, 1.54) is 31.2 Å². The van der Waals surface area contributed by atoms with Crippen LogP contribution in [0, 0.1) is 5.92 Å². The van der Waals surface area contributed by atoms with E-state index in [2.05, 4.69) is 30.8 Å². The largest absolute Gasteiger partial charge is 0.423 e. The monoisotopic (exact) mass is 396 g/mol. The highest BCUT2D eigenvalue weighted by Gasteiger charge is 2.22. The molecular weight excluding hydrogens is 367 g/mol. The number of alkyl halides is 1. The summed E-state index contributed by atoms with van der Waals surface area (Å²) in [4.78, 5) is 11.7. The summed E-state index contributed by atoms with van der Waals surface area (Å²) < 4.78 is 17.5. The number of ether oxygens (including phenoxy) is 1. The van der Waals surface area contributed by atoms with Gasteiger partial charge >= 0.3 is 5.97 Å². The Morgan fingerprint density at radius 1 is 1.00 bits per heavy atom. The molecule has 0 atom stereocenters. The molecule has 1 aliphatic rings. The second-order valence-electron chi connectivity index (χ2n) is 7.85. The molecule has 0 saturated heterocycles. The number of carbonyl (C=O) groups excluding carboxylic acids is 1. The van der Waals surface area contributed by atoms with Gasteiger partial charge in [-0.15, -0.1) is 0 Å². The zero-order valence-corrected chi connectivity index (χ0v) is 16.8. The Morgan fingerprint density at radius 2 is 1.59 bits per heavy atom. The Balaban J connectivity index is 1.57. The molecule has 0 heterocycles. The molecule has 1 aliphatic carbocycles. The molecule has 2 aromatic rings. The molecule has 3 rings (SSSR count). The minimum Gasteiger partial charge on any atom is -0.423 e. The molecule has 1 saturated carbocycles. The smallest absolute Gasteiger partial charge is 0.341 e. The van der Waals surface area contributed by atoms with E-state index >= 15 is 0 Å². The van der Waals surface area contributed by atoms with Gasteiger partial charge in [-0.2, -0.15) is 0 Å². The molecule has 154 valence electrons. The summed E-state index contributed by atoms with van der Waals surface area (Å²) in [5, 5.41) is 8.93. The van der Waals surface area contributed by atoms with E-state index in [-0.39, 0.29) is 12.2 Å². The van der Waals surface area contributed by atoms with E-state index in [0.717, 1.165) is 17.5 Å². The van der Waals surface area contributed by atoms with Crippen molar-refractivity contribution in [2.24, 2.45) is 5.92 Å². The summed E-state index contributed by atoms with van der Waals surface area (Å²) in [6.45, 7) is 2.85. The van der Waals surface area contributed by atoms with Crippen LogP contribution >= 0.6 is 0 Å². The third-order valence-corrected chi connectivity index (χ3v) is 5.85. The molecule has 0 bridgehead atoms. The van der Waals surface area contributed by atoms with Crippen molar-refractivity contribution in [3.63, 3.8) is 0 Å². The van der Waals surface area contributed by atoms with Crippen LogP contribution in [0.3, 0.4) is 0 Å². The van der Waals surface area contributed by atoms with Crippen molar-refractivity contribution in [2.75, 3.05) is 13.3 Å². The predicted molar refractivity (Wildman–Crippen MR) is 114 cm³/mol. The van der Waals surface area contributed by atoms with Crippen LogP contribution in [0.5, 0.6) is 5.75 Å². The zero-order chi connectivity index (χ0) is 20.6. The molecule has 0 radical (unpaired) electrons. The molecule has 29 heavy (non-hydrogen) atoms. The molecular formula is C25H29FO3. The number of halogens is 1. The molecule has 0 unspecified atom stereocenters. The van der Waals surface area contributed by atoms with Crippen LogP contribution in [0.2, 0.25) is 0 Å². The predicted octanol–water partition coefficient (Wildman–Crippen LogP) is 5.83. The van der Waals surface area contributed by atoms with Crippen molar-refractivity contribution in [1.82, 2.24) is 0 Å². The average Bonchev–Trinajstić information content (AvgIpc) is 2.78. The van der Waals surface area contributed by atoms with Gasteiger partial charge in [-0.05, 0) is 79.2 Å². The summed E-state index contributed by atoms with van der Waals surface area (Å²) in [7, 11) is 0. The lowest BCUT2D eigenvalue weighted by atomic mass is 9.77. The fourth-order valence-electron chi connectivity index (χ4n) is 4.06. The van der Waals surface area contributed by atoms with E-state index < -0.39 is 12.6 Å². The first-order valence-electron chi connectivity index (χ1n) is 10.4. The summed E-state index contributed by atoms with van der Waals surface area (Å²) in [5.74, 6) is 1.11. The van der Waals surface area contributed by atoms with Crippen molar-refractivity contribution in [3.8, 4) is 16.9 Å². The normalized spacial score (nSPS) is 19.0. The highest BCUT2D eigenvalue weighted by atomic mass is 19.1. The van der Waals surface area contributed by atoms with Gasteiger partial charge in [0.25, 0.3) is 0 Å². The fraction of sp³-hybridized carbons (Fsp3) is 0.400. The Morgan fingerprint density at radius 3 is 2.14 bits per heavy atom. The number of rotatable bonds is 8. The van der Waals surface area contributed by atoms with Gasteiger partial charge in [0.15, 0.2) is 0 Å². The fourth-order valence-corrected chi connectivity index (χ4v) is 4.06. The number of aliphatic hydroxyl groups excluding tert-OH is 1. The first kappa shape index (κ1) is 21.3. The van der Waals surface area contributed by atoms with Gasteiger partial charge in [0.05, 0.1) is 18.9 Å². The average molecular weight is 397 g/mol. The van der Waals surface area contributed by atoms with E-state index in [9.17, 15) is 9.18 Å². The standard InChI is InChI=1S/C25H29FO3/c1-18(17-27)25(28)29-24-14-12-23(13-15-24)22-10-8-21(9-11-22)20-6-4-19(5-7-20)3-2-16-26/h8-15,19-20,27H,1-7,16-17H2. The Kier molecular flexibility index (Phi) is 7.59. The highest BCUT2D eigenvalue weighted by molar-refractivity contribution is 5.89. The maximum absolute atomic E-state index is 12.4. The SMILES string of the molecule is C=C(CO)C(=O)Oc1ccc(-c2ccc(C3CCC(CCCF)CC3)cc2)cc1. The van der Waals surface area contributed by atoms with Gasteiger partial charge in [-0.25, -0.2) is 4.79 Å². The summed E-state index contributed by atoms with van der Waals surface area (Å²) in [6.07, 6.45) is 6.52. The lowest BCUT2D eigenvalue weighted by Gasteiger charge is -2.28. The lowest BCUT2D eigenvalue weighted by Crippen LogP contribution is -2.13. The van der Waals surface area contributed by atoms with Crippen LogP contribution in [0.25, 0.3) is 11.1 Å². The number of esters is 1. The third kappa shape index (κ3) is 5.77. The van der Waals surface area contributed by atoms with Crippen molar-refractivity contribution in [2.45, 2.75) is 44.4 Å². The van der Waals surface area contributed by atoms with Gasteiger partial charge in [-0.1, -0.05) is 43.0 Å². The second-order valence-corrected chi connectivity index (χ2v) is 7.85. The van der Waals surface area contributed by atoms with Crippen molar-refractivity contribution in [1.29, 1.82) is 0 Å². The van der Waals surface area contributed by atoms with Crippen LogP contribution in [-0.2, 0) is 4.79 Å². The van der Waals surface area contributed by atoms with Crippen LogP contribution < -0.4 is 4.74 Å². The summed E-state index contributed by atoms with van der Waals surface area (Å²) in [6, 6.07) is 16.0. The summed E-state index contributed by atoms with van der Waals surface area (Å²) in [5.41, 5.74) is 3.57. The molecule has 0 spiro atoms. The van der Waals surface area contributed by atoms with Crippen molar-refractivity contribution < 1.29 is 19.0 Å². The van der Waals surface area contributed by atoms with Crippen LogP contribution in [0.4, 0.5) is 4.39 Å². The number of aliphatic hydroxyl groups is 1.